The summed E-state index contributed by atoms with van der Waals surface area (Å²) in [6, 6.07) is 0. The average Bonchev–Trinajstić information content (AvgIpc) is 2.07. The van der Waals surface area contributed by atoms with Crippen LogP contribution >= 0.6 is 92.8 Å². The number of rotatable bonds is 1. The van der Waals surface area contributed by atoms with Gasteiger partial charge in [0.25, 0.3) is 0 Å². The maximum absolute atomic E-state index is 5.10. The zero-order valence-corrected chi connectivity index (χ0v) is 12.1. The second kappa shape index (κ2) is 19.6. The predicted octanol–water partition coefficient (Wildman–Crippen LogP) is 5.95. The Morgan fingerprint density at radius 2 is 1.23 bits per heavy atom. The van der Waals surface area contributed by atoms with Gasteiger partial charge in [-0.3, -0.25) is 0 Å². The Kier molecular flexibility index (Phi) is 30.9. The third-order valence-corrected chi connectivity index (χ3v) is 1.79. The molecule has 0 aliphatic rings. The molecule has 0 amide bonds. The van der Waals surface area contributed by atoms with E-state index in [1.54, 1.807) is 0 Å². The average molecular weight is 350 g/mol. The molecule has 8 heteroatoms. The minimum absolute atomic E-state index is 0.0895. The van der Waals surface area contributed by atoms with Crippen molar-refractivity contribution in [3.8, 4) is 0 Å². The highest BCUT2D eigenvalue weighted by atomic mass is 35.5. The number of hydrogen-bond acceptors (Lipinski definition) is 0. The van der Waals surface area contributed by atoms with Gasteiger partial charge in [-0.2, -0.15) is 0 Å². The van der Waals surface area contributed by atoms with Gasteiger partial charge < -0.3 is 0 Å². The fourth-order valence-electron chi connectivity index (χ4n) is 0. The molecule has 0 aliphatic heterocycles. The lowest BCUT2D eigenvalue weighted by Crippen LogP contribution is -1.82. The Morgan fingerprint density at radius 1 is 1.08 bits per heavy atom. The molecule has 0 bridgehead atoms. The van der Waals surface area contributed by atoms with Crippen LogP contribution in [0.15, 0.2) is 10.0 Å². The Morgan fingerprint density at radius 3 is 1.23 bits per heavy atom. The van der Waals surface area contributed by atoms with Crippen LogP contribution in [0.2, 0.25) is 0 Å². The first-order chi connectivity index (χ1) is 5.95. The molecule has 0 saturated carbocycles. The molecule has 0 radical (unpaired) electrons. The normalized spacial score (nSPS) is 7.77. The summed E-state index contributed by atoms with van der Waals surface area (Å²) in [5.41, 5.74) is 1.09. The van der Waals surface area contributed by atoms with Crippen molar-refractivity contribution in [1.82, 2.24) is 0 Å². The van der Waals surface area contributed by atoms with Crippen LogP contribution < -0.4 is 0 Å². The van der Waals surface area contributed by atoms with Gasteiger partial charge in [-0.05, 0) is 0 Å². The van der Waals surface area contributed by atoms with Gasteiger partial charge in [0, 0.05) is 5.54 Å². The summed E-state index contributed by atoms with van der Waals surface area (Å²) in [5, 5.41) is 0.194. The van der Waals surface area contributed by atoms with E-state index in [4.69, 9.17) is 92.8 Å². The zero-order chi connectivity index (χ0) is 11.3. The summed E-state index contributed by atoms with van der Waals surface area (Å²) < 4.78 is 0.0895. The molecule has 0 fully saturated rings. The minimum atomic E-state index is -0.406. The SMILES string of the molecule is ClC=C(Cl)Cl.ClCC(Cl)Cl.ClCCl. The predicted molar refractivity (Wildman–Crippen MR) is 68.4 cm³/mol. The first-order valence-corrected chi connectivity index (χ1v) is 6.20. The van der Waals surface area contributed by atoms with Crippen LogP contribution in [0.4, 0.5) is 0 Å². The summed E-state index contributed by atoms with van der Waals surface area (Å²) in [4.78, 5) is -0.406. The summed E-state index contributed by atoms with van der Waals surface area (Å²) >= 11 is 39.6. The molecule has 13 heavy (non-hydrogen) atoms. The van der Waals surface area contributed by atoms with Gasteiger partial charge in [0.1, 0.15) is 9.33 Å². The standard InChI is InChI=1S/C2H3Cl3.C2HCl3.CH2Cl2/c2*3-1-2(4)5;2-1-3/h2H,1H2;1H;1H2. The molecular formula is C5H6Cl8. The molecule has 0 nitrogen and oxygen atoms in total. The quantitative estimate of drug-likeness (QED) is 0.513. The van der Waals surface area contributed by atoms with Crippen molar-refractivity contribution in [2.75, 3.05) is 11.2 Å². The molecule has 0 heterocycles. The molecular weight excluding hydrogens is 344 g/mol. The third-order valence-electron chi connectivity index (χ3n) is 0.199. The lowest BCUT2D eigenvalue weighted by molar-refractivity contribution is 1.40. The van der Waals surface area contributed by atoms with Crippen molar-refractivity contribution < 1.29 is 0 Å². The molecule has 0 saturated heterocycles. The minimum Gasteiger partial charge on any atom is -0.124 e. The molecule has 82 valence electrons. The number of alkyl halides is 5. The lowest BCUT2D eigenvalue weighted by atomic mass is 10.9. The van der Waals surface area contributed by atoms with Crippen LogP contribution in [0.25, 0.3) is 0 Å². The number of halogens is 8. The smallest absolute Gasteiger partial charge is 0.121 e. The Bertz CT molecular complexity index is 96.7. The van der Waals surface area contributed by atoms with Gasteiger partial charge in [-0.15, -0.1) is 58.0 Å². The molecule has 0 atom stereocenters. The highest BCUT2D eigenvalue weighted by Gasteiger charge is 1.88. The van der Waals surface area contributed by atoms with Crippen LogP contribution in [-0.2, 0) is 0 Å². The first-order valence-electron chi connectivity index (χ1n) is 2.53. The van der Waals surface area contributed by atoms with Gasteiger partial charge in [0.2, 0.25) is 0 Å². The number of hydrogen-bond donors (Lipinski definition) is 0. The highest BCUT2D eigenvalue weighted by molar-refractivity contribution is 6.58. The second-order valence-electron chi connectivity index (χ2n) is 1.05. The molecule has 0 spiro atoms. The maximum Gasteiger partial charge on any atom is 0.121 e. The molecule has 0 aromatic carbocycles. The van der Waals surface area contributed by atoms with Gasteiger partial charge in [0.15, 0.2) is 0 Å². The van der Waals surface area contributed by atoms with Crippen molar-refractivity contribution in [2.45, 2.75) is 4.84 Å². The zero-order valence-electron chi connectivity index (χ0n) is 6.09. The van der Waals surface area contributed by atoms with E-state index in [-0.39, 0.29) is 9.83 Å². The van der Waals surface area contributed by atoms with E-state index in [0.29, 0.717) is 5.88 Å². The summed E-state index contributed by atoms with van der Waals surface area (Å²) in [7, 11) is 0. The molecule has 0 N–H and O–H groups in total. The van der Waals surface area contributed by atoms with Crippen LogP contribution in [0.1, 0.15) is 0 Å². The Labute approximate surface area is 118 Å². The van der Waals surface area contributed by atoms with E-state index in [2.05, 4.69) is 0 Å². The first kappa shape index (κ1) is 20.5. The fraction of sp³-hybridized carbons (Fsp3) is 0.600. The summed E-state index contributed by atoms with van der Waals surface area (Å²) in [6.45, 7) is 0. The van der Waals surface area contributed by atoms with Gasteiger partial charge in [-0.25, -0.2) is 0 Å². The van der Waals surface area contributed by atoms with Crippen LogP contribution in [0.3, 0.4) is 0 Å². The van der Waals surface area contributed by atoms with Crippen molar-refractivity contribution in [3.05, 3.63) is 10.0 Å². The van der Waals surface area contributed by atoms with Crippen molar-refractivity contribution >= 4 is 92.8 Å². The van der Waals surface area contributed by atoms with Gasteiger partial charge in [0.05, 0.1) is 11.2 Å². The summed E-state index contributed by atoms with van der Waals surface area (Å²) in [6.07, 6.45) is 0. The molecule has 0 aliphatic carbocycles. The lowest BCUT2D eigenvalue weighted by Gasteiger charge is -1.82. The molecule has 0 aromatic heterocycles. The third kappa shape index (κ3) is 55.7. The topological polar surface area (TPSA) is 0 Å². The van der Waals surface area contributed by atoms with E-state index in [1.807, 2.05) is 0 Å². The maximum atomic E-state index is 5.10. The second-order valence-corrected chi connectivity index (χ2v) is 4.67. The van der Waals surface area contributed by atoms with Crippen molar-refractivity contribution in [3.63, 3.8) is 0 Å². The van der Waals surface area contributed by atoms with Crippen LogP contribution in [0, 0.1) is 0 Å². The largest absolute Gasteiger partial charge is 0.124 e. The summed E-state index contributed by atoms with van der Waals surface area (Å²) in [5.74, 6) is 0.309. The monoisotopic (exact) mass is 346 g/mol. The molecule has 0 rings (SSSR count). The van der Waals surface area contributed by atoms with Gasteiger partial charge >= 0.3 is 0 Å². The fourth-order valence-corrected chi connectivity index (χ4v) is 0. The van der Waals surface area contributed by atoms with E-state index in [9.17, 15) is 0 Å². The molecule has 0 aromatic rings. The van der Waals surface area contributed by atoms with Crippen molar-refractivity contribution in [2.24, 2.45) is 0 Å². The van der Waals surface area contributed by atoms with Crippen LogP contribution in [0.5, 0.6) is 0 Å². The Balaban J connectivity index is -0.000000120. The highest BCUT2D eigenvalue weighted by Crippen LogP contribution is 2.05. The Hall–Kier alpha value is 2.06. The van der Waals surface area contributed by atoms with E-state index < -0.39 is 4.84 Å². The van der Waals surface area contributed by atoms with E-state index in [0.717, 1.165) is 5.54 Å². The molecule has 0 unspecified atom stereocenters. The van der Waals surface area contributed by atoms with E-state index in [1.165, 1.54) is 0 Å². The van der Waals surface area contributed by atoms with E-state index >= 15 is 0 Å². The van der Waals surface area contributed by atoms with Gasteiger partial charge in [-0.1, -0.05) is 34.8 Å². The van der Waals surface area contributed by atoms with Crippen LogP contribution in [-0.4, -0.2) is 16.1 Å². The van der Waals surface area contributed by atoms with Crippen molar-refractivity contribution in [1.29, 1.82) is 0 Å².